The van der Waals surface area contributed by atoms with Gasteiger partial charge in [0.15, 0.2) is 5.82 Å². The van der Waals surface area contributed by atoms with Crippen LogP contribution in [0.4, 0.5) is 11.5 Å². The van der Waals surface area contributed by atoms with Crippen LogP contribution in [0.1, 0.15) is 6.42 Å². The third kappa shape index (κ3) is 2.02. The van der Waals surface area contributed by atoms with Gasteiger partial charge in [-0.2, -0.15) is 0 Å². The molecule has 100 valence electrons. The number of hydrogen-bond donors (Lipinski definition) is 0. The number of pyridine rings is 1. The second-order valence-corrected chi connectivity index (χ2v) is 5.88. The lowest BCUT2D eigenvalue weighted by Crippen LogP contribution is -2.40. The average molecular weight is 321 g/mol. The van der Waals surface area contributed by atoms with Gasteiger partial charge in [-0.05, 0) is 28.4 Å². The van der Waals surface area contributed by atoms with E-state index >= 15 is 0 Å². The maximum absolute atomic E-state index is 4.46. The van der Waals surface area contributed by atoms with Crippen molar-refractivity contribution in [3.05, 3.63) is 41.4 Å². The van der Waals surface area contributed by atoms with E-state index in [1.165, 1.54) is 6.42 Å². The first-order valence-electron chi connectivity index (χ1n) is 6.36. The number of aromatic nitrogens is 1. The lowest BCUT2D eigenvalue weighted by atomic mass is 10.2. The number of hydrogen-bond acceptors (Lipinski definition) is 4. The first-order valence-corrected chi connectivity index (χ1v) is 7.15. The van der Waals surface area contributed by atoms with Crippen LogP contribution in [0.2, 0.25) is 0 Å². The fourth-order valence-electron chi connectivity index (χ4n) is 2.41. The molecule has 3 rings (SSSR count). The van der Waals surface area contributed by atoms with Crippen LogP contribution >= 0.6 is 15.9 Å². The van der Waals surface area contributed by atoms with Crippen LogP contribution in [0.25, 0.3) is 0 Å². The van der Waals surface area contributed by atoms with Crippen LogP contribution in [-0.4, -0.2) is 36.6 Å². The molecule has 0 aliphatic carbocycles. The number of anilines is 2. The summed E-state index contributed by atoms with van der Waals surface area (Å²) in [6.45, 7) is 11.4. The predicted octanol–water partition coefficient (Wildman–Crippen LogP) is 2.79. The Bertz CT molecular complexity index is 550. The molecule has 0 spiro atoms. The number of nitrogens with zero attached hydrogens (tertiary/aromatic N) is 4. The highest BCUT2D eigenvalue weighted by Crippen LogP contribution is 2.40. The number of fused-ring (bicyclic) bond motifs is 1. The second kappa shape index (κ2) is 4.56. The molecule has 1 saturated heterocycles. The van der Waals surface area contributed by atoms with Crippen molar-refractivity contribution in [1.29, 1.82) is 0 Å². The SMILES string of the molecule is C=C(CN1C(=C)N(C)c2ncc(Br)cc21)N1CCC1. The van der Waals surface area contributed by atoms with Crippen LogP contribution in [0.3, 0.4) is 0 Å². The van der Waals surface area contributed by atoms with Gasteiger partial charge in [0.2, 0.25) is 0 Å². The molecule has 0 bridgehead atoms. The molecule has 0 saturated carbocycles. The number of halogens is 1. The van der Waals surface area contributed by atoms with E-state index in [0.717, 1.165) is 47.1 Å². The highest BCUT2D eigenvalue weighted by molar-refractivity contribution is 9.10. The van der Waals surface area contributed by atoms with Gasteiger partial charge in [0, 0.05) is 36.5 Å². The molecule has 1 fully saturated rings. The summed E-state index contributed by atoms with van der Waals surface area (Å²) < 4.78 is 0.980. The van der Waals surface area contributed by atoms with Crippen molar-refractivity contribution < 1.29 is 0 Å². The minimum Gasteiger partial charge on any atom is -0.374 e. The summed E-state index contributed by atoms with van der Waals surface area (Å²) in [4.78, 5) is 11.0. The van der Waals surface area contributed by atoms with E-state index in [4.69, 9.17) is 0 Å². The van der Waals surface area contributed by atoms with E-state index in [9.17, 15) is 0 Å². The predicted molar refractivity (Wildman–Crippen MR) is 82.2 cm³/mol. The highest BCUT2D eigenvalue weighted by Gasteiger charge is 2.30. The highest BCUT2D eigenvalue weighted by atomic mass is 79.9. The molecule has 2 aliphatic rings. The normalized spacial score (nSPS) is 17.6. The Labute approximate surface area is 122 Å². The zero-order valence-electron chi connectivity index (χ0n) is 11.1. The van der Waals surface area contributed by atoms with E-state index in [1.807, 2.05) is 18.1 Å². The summed E-state index contributed by atoms with van der Waals surface area (Å²) in [5.74, 6) is 1.90. The molecular weight excluding hydrogens is 304 g/mol. The van der Waals surface area contributed by atoms with Gasteiger partial charge in [0.05, 0.1) is 12.2 Å². The van der Waals surface area contributed by atoms with E-state index in [-0.39, 0.29) is 0 Å². The lowest BCUT2D eigenvalue weighted by molar-refractivity contribution is 0.236. The summed E-state index contributed by atoms with van der Waals surface area (Å²) >= 11 is 3.48. The van der Waals surface area contributed by atoms with E-state index in [2.05, 4.69) is 49.9 Å². The maximum atomic E-state index is 4.46. The van der Waals surface area contributed by atoms with Crippen LogP contribution in [0.5, 0.6) is 0 Å². The summed E-state index contributed by atoms with van der Waals surface area (Å²) in [5, 5.41) is 0. The molecule has 4 nitrogen and oxygen atoms in total. The molecule has 0 unspecified atom stereocenters. The monoisotopic (exact) mass is 320 g/mol. The first-order chi connectivity index (χ1) is 9.08. The molecule has 1 aromatic heterocycles. The van der Waals surface area contributed by atoms with E-state index < -0.39 is 0 Å². The van der Waals surface area contributed by atoms with Crippen LogP contribution in [0, 0.1) is 0 Å². The number of rotatable bonds is 3. The van der Waals surface area contributed by atoms with E-state index in [1.54, 1.807) is 0 Å². The Kier molecular flexibility index (Phi) is 3.01. The van der Waals surface area contributed by atoms with Crippen LogP contribution in [-0.2, 0) is 0 Å². The van der Waals surface area contributed by atoms with Gasteiger partial charge in [-0.3, -0.25) is 0 Å². The Morgan fingerprint density at radius 1 is 1.47 bits per heavy atom. The topological polar surface area (TPSA) is 22.6 Å². The van der Waals surface area contributed by atoms with Crippen molar-refractivity contribution in [3.8, 4) is 0 Å². The molecule has 0 N–H and O–H groups in total. The van der Waals surface area contributed by atoms with Crippen molar-refractivity contribution in [2.24, 2.45) is 0 Å². The summed E-state index contributed by atoms with van der Waals surface area (Å²) in [6.07, 6.45) is 3.08. The molecule has 0 amide bonds. The minimum atomic E-state index is 0.772. The molecular formula is C14H17BrN4. The van der Waals surface area contributed by atoms with Gasteiger partial charge in [0.1, 0.15) is 5.82 Å². The largest absolute Gasteiger partial charge is 0.374 e. The quantitative estimate of drug-likeness (QED) is 0.854. The minimum absolute atomic E-state index is 0.772. The van der Waals surface area contributed by atoms with Crippen molar-refractivity contribution in [2.75, 3.05) is 36.5 Å². The summed E-state index contributed by atoms with van der Waals surface area (Å²) in [6, 6.07) is 2.08. The third-order valence-electron chi connectivity index (χ3n) is 3.77. The standard InChI is InChI=1S/C14H17BrN4/c1-10(18-5-4-6-18)9-19-11(2)17(3)14-13(19)7-12(15)8-16-14/h7-8H,1-2,4-6,9H2,3H3. The molecule has 0 aromatic carbocycles. The Morgan fingerprint density at radius 2 is 2.21 bits per heavy atom. The van der Waals surface area contributed by atoms with Gasteiger partial charge >= 0.3 is 0 Å². The molecule has 0 atom stereocenters. The summed E-state index contributed by atoms with van der Waals surface area (Å²) in [5.41, 5.74) is 2.23. The smallest absolute Gasteiger partial charge is 0.157 e. The maximum Gasteiger partial charge on any atom is 0.157 e. The first kappa shape index (κ1) is 12.5. The lowest BCUT2D eigenvalue weighted by Gasteiger charge is -2.36. The summed E-state index contributed by atoms with van der Waals surface area (Å²) in [7, 11) is 1.99. The van der Waals surface area contributed by atoms with Gasteiger partial charge in [0.25, 0.3) is 0 Å². The van der Waals surface area contributed by atoms with Crippen molar-refractivity contribution in [3.63, 3.8) is 0 Å². The Hall–Kier alpha value is -1.49. The third-order valence-corrected chi connectivity index (χ3v) is 4.20. The number of likely N-dealkylation sites (tertiary alicyclic amines) is 1. The zero-order valence-corrected chi connectivity index (χ0v) is 12.7. The fraction of sp³-hybridized carbons (Fsp3) is 0.357. The van der Waals surface area contributed by atoms with Crippen molar-refractivity contribution >= 4 is 27.4 Å². The molecule has 3 heterocycles. The fourth-order valence-corrected chi connectivity index (χ4v) is 2.73. The van der Waals surface area contributed by atoms with Gasteiger partial charge in [-0.1, -0.05) is 13.2 Å². The van der Waals surface area contributed by atoms with Crippen molar-refractivity contribution in [2.45, 2.75) is 6.42 Å². The molecule has 19 heavy (non-hydrogen) atoms. The molecule has 2 aliphatic heterocycles. The van der Waals surface area contributed by atoms with Crippen LogP contribution < -0.4 is 9.80 Å². The Balaban J connectivity index is 1.87. The average Bonchev–Trinajstić information content (AvgIpc) is 2.52. The zero-order chi connectivity index (χ0) is 13.6. The second-order valence-electron chi connectivity index (χ2n) is 4.96. The van der Waals surface area contributed by atoms with Gasteiger partial charge < -0.3 is 14.7 Å². The molecule has 5 heteroatoms. The molecule has 0 radical (unpaired) electrons. The van der Waals surface area contributed by atoms with E-state index in [0.29, 0.717) is 0 Å². The van der Waals surface area contributed by atoms with Crippen molar-refractivity contribution in [1.82, 2.24) is 9.88 Å². The Morgan fingerprint density at radius 3 is 2.84 bits per heavy atom. The van der Waals surface area contributed by atoms with Gasteiger partial charge in [-0.25, -0.2) is 4.98 Å². The van der Waals surface area contributed by atoms with Crippen LogP contribution in [0.15, 0.2) is 41.4 Å². The van der Waals surface area contributed by atoms with Gasteiger partial charge in [-0.15, -0.1) is 0 Å². The molecule has 1 aromatic rings.